The van der Waals surface area contributed by atoms with Crippen LogP contribution in [0.4, 0.5) is 13.8 Å². The smallest absolute Gasteiger partial charge is 0.266 e. The Kier molecular flexibility index (Phi) is 2.33. The molecule has 0 atom stereocenters. The fraction of sp³-hybridized carbons (Fsp3) is 0.111. The van der Waals surface area contributed by atoms with Crippen molar-refractivity contribution in [3.8, 4) is 0 Å². The molecule has 5 heteroatoms. The largest absolute Gasteiger partial charge is 0.391 e. The van der Waals surface area contributed by atoms with Crippen LogP contribution >= 0.6 is 22.9 Å². The molecule has 0 saturated carbocycles. The first-order valence-corrected chi connectivity index (χ1v) is 5.04. The van der Waals surface area contributed by atoms with E-state index >= 15 is 0 Å². The minimum Gasteiger partial charge on any atom is -0.391 e. The molecule has 0 spiro atoms. The Morgan fingerprint density at radius 2 is 2.07 bits per heavy atom. The number of alkyl halides is 2. The van der Waals surface area contributed by atoms with E-state index in [2.05, 4.69) is 0 Å². The fourth-order valence-corrected chi connectivity index (χ4v) is 2.60. The van der Waals surface area contributed by atoms with E-state index in [0.29, 0.717) is 15.1 Å². The molecule has 2 N–H and O–H groups in total. The second-order valence-corrected chi connectivity index (χ2v) is 4.32. The number of anilines is 1. The van der Waals surface area contributed by atoms with Crippen LogP contribution in [-0.4, -0.2) is 0 Å². The van der Waals surface area contributed by atoms with Gasteiger partial charge in [0.25, 0.3) is 6.43 Å². The van der Waals surface area contributed by atoms with Gasteiger partial charge in [-0.05, 0) is 17.5 Å². The number of rotatable bonds is 1. The summed E-state index contributed by atoms with van der Waals surface area (Å²) in [7, 11) is 0. The van der Waals surface area contributed by atoms with Crippen molar-refractivity contribution in [2.75, 3.05) is 5.73 Å². The summed E-state index contributed by atoms with van der Waals surface area (Å²) >= 11 is 6.83. The summed E-state index contributed by atoms with van der Waals surface area (Å²) in [6, 6.07) is 4.83. The monoisotopic (exact) mass is 233 g/mol. The maximum atomic E-state index is 12.6. The number of halogens is 3. The van der Waals surface area contributed by atoms with Crippen LogP contribution in [0.2, 0.25) is 5.02 Å². The highest BCUT2D eigenvalue weighted by Crippen LogP contribution is 2.39. The fourth-order valence-electron chi connectivity index (χ4n) is 1.32. The third-order valence-corrected chi connectivity index (χ3v) is 3.25. The van der Waals surface area contributed by atoms with E-state index in [1.165, 1.54) is 6.07 Å². The Morgan fingerprint density at radius 3 is 2.71 bits per heavy atom. The molecular formula is C9H6ClF2NS. The van der Waals surface area contributed by atoms with Crippen LogP contribution in [0.3, 0.4) is 0 Å². The molecule has 2 aromatic rings. The Morgan fingerprint density at radius 1 is 1.36 bits per heavy atom. The molecule has 14 heavy (non-hydrogen) atoms. The van der Waals surface area contributed by atoms with Gasteiger partial charge in [-0.3, -0.25) is 0 Å². The molecule has 0 aliphatic rings. The van der Waals surface area contributed by atoms with E-state index < -0.39 is 6.43 Å². The summed E-state index contributed by atoms with van der Waals surface area (Å²) in [5.74, 6) is 0. The Labute approximate surface area is 88.1 Å². The number of nitrogens with two attached hydrogens (primary N) is 1. The highest BCUT2D eigenvalue weighted by Gasteiger charge is 2.17. The topological polar surface area (TPSA) is 26.0 Å². The molecular weight excluding hydrogens is 228 g/mol. The highest BCUT2D eigenvalue weighted by atomic mass is 35.5. The number of hydrogen-bond donors (Lipinski definition) is 1. The lowest BCUT2D eigenvalue weighted by Crippen LogP contribution is -1.85. The SMILES string of the molecule is Nc1cc2ccc(Cl)c(C(F)F)c2s1. The van der Waals surface area contributed by atoms with Gasteiger partial charge in [-0.2, -0.15) is 0 Å². The molecule has 0 amide bonds. The normalized spacial score (nSPS) is 11.4. The van der Waals surface area contributed by atoms with E-state index in [4.69, 9.17) is 17.3 Å². The zero-order valence-electron chi connectivity index (χ0n) is 6.93. The van der Waals surface area contributed by atoms with Crippen LogP contribution in [0.5, 0.6) is 0 Å². The van der Waals surface area contributed by atoms with Crippen molar-refractivity contribution in [3.63, 3.8) is 0 Å². The van der Waals surface area contributed by atoms with Crippen LogP contribution in [0.25, 0.3) is 10.1 Å². The molecule has 0 radical (unpaired) electrons. The van der Waals surface area contributed by atoms with Crippen LogP contribution < -0.4 is 5.73 Å². The number of fused-ring (bicyclic) bond motifs is 1. The van der Waals surface area contributed by atoms with Crippen molar-refractivity contribution < 1.29 is 8.78 Å². The first kappa shape index (κ1) is 9.68. The summed E-state index contributed by atoms with van der Waals surface area (Å²) in [4.78, 5) is 0. The lowest BCUT2D eigenvalue weighted by atomic mass is 10.2. The number of hydrogen-bond acceptors (Lipinski definition) is 2. The van der Waals surface area contributed by atoms with Gasteiger partial charge in [0.15, 0.2) is 0 Å². The van der Waals surface area contributed by atoms with Gasteiger partial charge in [-0.15, -0.1) is 11.3 Å². The summed E-state index contributed by atoms with van der Waals surface area (Å²) in [6.07, 6.45) is -2.57. The molecule has 2 rings (SSSR count). The number of benzene rings is 1. The van der Waals surface area contributed by atoms with Crippen LogP contribution in [-0.2, 0) is 0 Å². The molecule has 0 aliphatic carbocycles. The van der Waals surface area contributed by atoms with E-state index in [1.54, 1.807) is 12.1 Å². The number of nitrogen functional groups attached to an aromatic ring is 1. The van der Waals surface area contributed by atoms with Crippen molar-refractivity contribution in [2.45, 2.75) is 6.43 Å². The molecule has 0 unspecified atom stereocenters. The average Bonchev–Trinajstić information content (AvgIpc) is 2.43. The van der Waals surface area contributed by atoms with Crippen LogP contribution in [0.15, 0.2) is 18.2 Å². The van der Waals surface area contributed by atoms with E-state index in [0.717, 1.165) is 11.3 Å². The molecule has 74 valence electrons. The number of thiophene rings is 1. The molecule has 0 aliphatic heterocycles. The first-order valence-electron chi connectivity index (χ1n) is 3.85. The van der Waals surface area contributed by atoms with Gasteiger partial charge in [0, 0.05) is 4.70 Å². The third-order valence-electron chi connectivity index (χ3n) is 1.91. The minimum absolute atomic E-state index is 0.0920. The Balaban J connectivity index is 2.82. The summed E-state index contributed by atoms with van der Waals surface area (Å²) in [6.45, 7) is 0. The molecule has 1 heterocycles. The highest BCUT2D eigenvalue weighted by molar-refractivity contribution is 7.22. The second kappa shape index (κ2) is 3.37. The van der Waals surface area contributed by atoms with Crippen molar-refractivity contribution in [1.29, 1.82) is 0 Å². The van der Waals surface area contributed by atoms with Gasteiger partial charge in [-0.25, -0.2) is 8.78 Å². The van der Waals surface area contributed by atoms with E-state index in [-0.39, 0.29) is 10.6 Å². The zero-order chi connectivity index (χ0) is 10.3. The van der Waals surface area contributed by atoms with Crippen LogP contribution in [0.1, 0.15) is 12.0 Å². The predicted octanol–water partition coefficient (Wildman–Crippen LogP) is 4.07. The molecule has 0 saturated heterocycles. The molecule has 1 nitrogen and oxygen atoms in total. The van der Waals surface area contributed by atoms with E-state index in [1.807, 2.05) is 0 Å². The first-order chi connectivity index (χ1) is 6.59. The second-order valence-electron chi connectivity index (χ2n) is 2.83. The molecule has 1 aromatic carbocycles. The molecule has 1 aromatic heterocycles. The maximum Gasteiger partial charge on any atom is 0.266 e. The van der Waals surface area contributed by atoms with Crippen LogP contribution in [0, 0.1) is 0 Å². The maximum absolute atomic E-state index is 12.6. The minimum atomic E-state index is -2.57. The van der Waals surface area contributed by atoms with E-state index in [9.17, 15) is 8.78 Å². The van der Waals surface area contributed by atoms with Crippen molar-refractivity contribution in [2.24, 2.45) is 0 Å². The summed E-state index contributed by atoms with van der Waals surface area (Å²) in [5.41, 5.74) is 5.42. The average molecular weight is 234 g/mol. The Bertz CT molecular complexity index is 481. The molecule has 0 bridgehead atoms. The standard InChI is InChI=1S/C9H6ClF2NS/c10-5-2-1-4-3-6(13)14-8(4)7(5)9(11)12/h1-3,9H,13H2. The van der Waals surface area contributed by atoms with Gasteiger partial charge in [0.1, 0.15) is 0 Å². The summed E-state index contributed by atoms with van der Waals surface area (Å²) in [5, 5.41) is 1.32. The van der Waals surface area contributed by atoms with Crippen molar-refractivity contribution in [3.05, 3.63) is 28.8 Å². The van der Waals surface area contributed by atoms with Crippen molar-refractivity contribution >= 4 is 38.0 Å². The lowest BCUT2D eigenvalue weighted by Gasteiger charge is -2.03. The van der Waals surface area contributed by atoms with Gasteiger partial charge >= 0.3 is 0 Å². The van der Waals surface area contributed by atoms with Gasteiger partial charge in [0.2, 0.25) is 0 Å². The lowest BCUT2D eigenvalue weighted by molar-refractivity contribution is 0.153. The van der Waals surface area contributed by atoms with Crippen molar-refractivity contribution in [1.82, 2.24) is 0 Å². The van der Waals surface area contributed by atoms with Gasteiger partial charge in [-0.1, -0.05) is 17.7 Å². The predicted molar refractivity (Wildman–Crippen MR) is 56.2 cm³/mol. The van der Waals surface area contributed by atoms with Gasteiger partial charge in [0.05, 0.1) is 15.6 Å². The Hall–Kier alpha value is -0.870. The van der Waals surface area contributed by atoms with Gasteiger partial charge < -0.3 is 5.73 Å². The zero-order valence-corrected chi connectivity index (χ0v) is 8.50. The quantitative estimate of drug-likeness (QED) is 0.789. The summed E-state index contributed by atoms with van der Waals surface area (Å²) < 4.78 is 25.8. The molecule has 0 fully saturated rings. The third kappa shape index (κ3) is 1.44.